The van der Waals surface area contributed by atoms with Crippen LogP contribution in [0.4, 0.5) is 0 Å². The van der Waals surface area contributed by atoms with Crippen molar-refractivity contribution in [3.63, 3.8) is 0 Å². The Balaban J connectivity index is 1.96. The van der Waals surface area contributed by atoms with E-state index in [0.717, 1.165) is 13.2 Å². The van der Waals surface area contributed by atoms with Gasteiger partial charge in [-0.1, -0.05) is 0 Å². The average Bonchev–Trinajstić information content (AvgIpc) is 1.88. The van der Waals surface area contributed by atoms with Crippen LogP contribution in [0.25, 0.3) is 0 Å². The second-order valence-electron chi connectivity index (χ2n) is 2.86. The highest BCUT2D eigenvalue weighted by atomic mass is 16.5. The van der Waals surface area contributed by atoms with E-state index in [4.69, 9.17) is 4.74 Å². The van der Waals surface area contributed by atoms with Gasteiger partial charge in [-0.15, -0.1) is 0 Å². The van der Waals surface area contributed by atoms with Crippen LogP contribution in [-0.2, 0) is 4.74 Å². The van der Waals surface area contributed by atoms with Gasteiger partial charge in [-0.25, -0.2) is 0 Å². The van der Waals surface area contributed by atoms with Crippen LogP contribution >= 0.6 is 0 Å². The molecule has 0 aromatic rings. The first-order valence-electron chi connectivity index (χ1n) is 3.60. The van der Waals surface area contributed by atoms with Crippen molar-refractivity contribution in [2.75, 3.05) is 13.2 Å². The van der Waals surface area contributed by atoms with E-state index in [2.05, 4.69) is 11.7 Å². The van der Waals surface area contributed by atoms with Crippen LogP contribution in [0.1, 0.15) is 12.8 Å². The number of ether oxygens (including phenoxy) is 1. The Morgan fingerprint density at radius 2 is 1.89 bits per heavy atom. The third-order valence-electron chi connectivity index (χ3n) is 2.01. The maximum atomic E-state index is 5.35. The number of piperidine rings is 1. The Kier molecular flexibility index (Phi) is 1.44. The summed E-state index contributed by atoms with van der Waals surface area (Å²) in [5, 5.41) is 3.50. The first kappa shape index (κ1) is 5.69. The number of hydrogen-bond donors (Lipinski definition) is 1. The number of nitrogens with one attached hydrogen (secondary N) is 1. The molecule has 2 fully saturated rings. The van der Waals surface area contributed by atoms with Gasteiger partial charge < -0.3 is 10.1 Å². The van der Waals surface area contributed by atoms with Crippen molar-refractivity contribution in [1.29, 1.82) is 0 Å². The highest BCUT2D eigenvalue weighted by molar-refractivity contribution is 4.91. The zero-order valence-corrected chi connectivity index (χ0v) is 5.47. The van der Waals surface area contributed by atoms with Gasteiger partial charge in [-0.3, -0.25) is 0 Å². The van der Waals surface area contributed by atoms with Gasteiger partial charge >= 0.3 is 0 Å². The van der Waals surface area contributed by atoms with E-state index < -0.39 is 0 Å². The summed E-state index contributed by atoms with van der Waals surface area (Å²) in [6.07, 6.45) is 4.75. The predicted molar refractivity (Wildman–Crippen MR) is 35.1 cm³/mol. The lowest BCUT2D eigenvalue weighted by molar-refractivity contribution is 0.0340. The molecule has 0 aromatic heterocycles. The molecule has 0 aliphatic carbocycles. The molecule has 2 unspecified atom stereocenters. The van der Waals surface area contributed by atoms with Crippen LogP contribution in [0, 0.1) is 6.42 Å². The minimum absolute atomic E-state index is 0.623. The quantitative estimate of drug-likeness (QED) is 0.505. The van der Waals surface area contributed by atoms with Crippen LogP contribution in [0.5, 0.6) is 0 Å². The molecule has 2 heteroatoms. The maximum absolute atomic E-state index is 5.35. The van der Waals surface area contributed by atoms with E-state index >= 15 is 0 Å². The van der Waals surface area contributed by atoms with E-state index in [9.17, 15) is 0 Å². The summed E-state index contributed by atoms with van der Waals surface area (Å²) in [6, 6.07) is 1.25. The van der Waals surface area contributed by atoms with E-state index in [1.807, 2.05) is 0 Å². The fraction of sp³-hybridized carbons (Fsp3) is 0.857. The summed E-state index contributed by atoms with van der Waals surface area (Å²) in [5.41, 5.74) is 0. The summed E-state index contributed by atoms with van der Waals surface area (Å²) in [6.45, 7) is 1.82. The molecule has 2 rings (SSSR count). The van der Waals surface area contributed by atoms with Gasteiger partial charge in [0, 0.05) is 12.1 Å². The molecule has 1 radical (unpaired) electrons. The predicted octanol–water partition coefficient (Wildman–Crippen LogP) is 0.341. The normalized spacial score (nSPS) is 42.7. The highest BCUT2D eigenvalue weighted by Gasteiger charge is 2.25. The minimum Gasteiger partial charge on any atom is -0.378 e. The Morgan fingerprint density at radius 3 is 2.44 bits per heavy atom. The molecule has 2 nitrogen and oxygen atoms in total. The Bertz CT molecular complexity index is 85.1. The lowest BCUT2D eigenvalue weighted by Gasteiger charge is -2.35. The summed E-state index contributed by atoms with van der Waals surface area (Å²) in [7, 11) is 0. The van der Waals surface area contributed by atoms with Gasteiger partial charge in [0.2, 0.25) is 0 Å². The number of hydrogen-bond acceptors (Lipinski definition) is 2. The molecule has 9 heavy (non-hydrogen) atoms. The van der Waals surface area contributed by atoms with Gasteiger partial charge in [-0.2, -0.15) is 0 Å². The van der Waals surface area contributed by atoms with E-state index in [1.165, 1.54) is 12.8 Å². The fourth-order valence-corrected chi connectivity index (χ4v) is 1.55. The molecule has 51 valence electrons. The standard InChI is InChI=1S/C7H12NO/c1-2-6-4-9-5-7(3-1)8-6/h1,6-8H,2-5H2. The topological polar surface area (TPSA) is 21.3 Å². The molecule has 2 aliphatic rings. The molecule has 0 saturated carbocycles. The van der Waals surface area contributed by atoms with E-state index in [0.29, 0.717) is 12.1 Å². The van der Waals surface area contributed by atoms with Crippen LogP contribution in [0.3, 0.4) is 0 Å². The summed E-state index contributed by atoms with van der Waals surface area (Å²) >= 11 is 0. The lowest BCUT2D eigenvalue weighted by atomic mass is 9.98. The number of fused-ring (bicyclic) bond motifs is 2. The highest BCUT2D eigenvalue weighted by Crippen LogP contribution is 2.15. The molecular weight excluding hydrogens is 114 g/mol. The minimum atomic E-state index is 0.623. The van der Waals surface area contributed by atoms with Crippen molar-refractivity contribution in [2.45, 2.75) is 24.9 Å². The van der Waals surface area contributed by atoms with Crippen molar-refractivity contribution in [3.05, 3.63) is 6.42 Å². The second kappa shape index (κ2) is 2.27. The maximum Gasteiger partial charge on any atom is 0.0620 e. The summed E-state index contributed by atoms with van der Waals surface area (Å²) in [5.74, 6) is 0. The monoisotopic (exact) mass is 126 g/mol. The zero-order chi connectivity index (χ0) is 6.10. The second-order valence-corrected chi connectivity index (χ2v) is 2.86. The fourth-order valence-electron chi connectivity index (χ4n) is 1.55. The Labute approximate surface area is 55.6 Å². The third-order valence-corrected chi connectivity index (χ3v) is 2.01. The molecule has 0 amide bonds. The molecule has 0 spiro atoms. The first-order valence-corrected chi connectivity index (χ1v) is 3.60. The first-order chi connectivity index (χ1) is 4.45. The van der Waals surface area contributed by atoms with Crippen LogP contribution < -0.4 is 5.32 Å². The number of morpholine rings is 1. The van der Waals surface area contributed by atoms with Crippen molar-refractivity contribution in [3.8, 4) is 0 Å². The van der Waals surface area contributed by atoms with Gasteiger partial charge in [0.1, 0.15) is 0 Å². The molecular formula is C7H12NO. The van der Waals surface area contributed by atoms with E-state index in [-0.39, 0.29) is 0 Å². The smallest absolute Gasteiger partial charge is 0.0620 e. The Morgan fingerprint density at radius 1 is 1.22 bits per heavy atom. The third kappa shape index (κ3) is 1.10. The van der Waals surface area contributed by atoms with Crippen molar-refractivity contribution >= 4 is 0 Å². The van der Waals surface area contributed by atoms with Crippen LogP contribution in [-0.4, -0.2) is 25.3 Å². The van der Waals surface area contributed by atoms with E-state index in [1.54, 1.807) is 0 Å². The van der Waals surface area contributed by atoms with Gasteiger partial charge in [0.25, 0.3) is 0 Å². The Hall–Kier alpha value is -0.0800. The van der Waals surface area contributed by atoms with Crippen LogP contribution in [0.15, 0.2) is 0 Å². The summed E-state index contributed by atoms with van der Waals surface area (Å²) < 4.78 is 5.35. The molecule has 0 aromatic carbocycles. The van der Waals surface area contributed by atoms with Crippen molar-refractivity contribution in [2.24, 2.45) is 0 Å². The van der Waals surface area contributed by atoms with Crippen molar-refractivity contribution in [1.82, 2.24) is 5.32 Å². The zero-order valence-electron chi connectivity index (χ0n) is 5.47. The van der Waals surface area contributed by atoms with Crippen LogP contribution in [0.2, 0.25) is 0 Å². The molecule has 2 aliphatic heterocycles. The van der Waals surface area contributed by atoms with Gasteiger partial charge in [-0.05, 0) is 19.3 Å². The SMILES string of the molecule is [CH]1CC2COCC(C1)N2. The molecule has 1 N–H and O–H groups in total. The number of rotatable bonds is 0. The average molecular weight is 126 g/mol. The lowest BCUT2D eigenvalue weighted by Crippen LogP contribution is -2.51. The van der Waals surface area contributed by atoms with Gasteiger partial charge in [0.15, 0.2) is 0 Å². The van der Waals surface area contributed by atoms with Gasteiger partial charge in [0.05, 0.1) is 13.2 Å². The largest absolute Gasteiger partial charge is 0.378 e. The molecule has 2 saturated heterocycles. The van der Waals surface area contributed by atoms with Crippen molar-refractivity contribution < 1.29 is 4.74 Å². The molecule has 2 bridgehead atoms. The summed E-state index contributed by atoms with van der Waals surface area (Å²) in [4.78, 5) is 0. The molecule has 2 atom stereocenters. The molecule has 2 heterocycles.